The minimum atomic E-state index is -0.252. The summed E-state index contributed by atoms with van der Waals surface area (Å²) in [6, 6.07) is 10.3. The number of halogens is 2. The van der Waals surface area contributed by atoms with Gasteiger partial charge in [0.25, 0.3) is 0 Å². The number of amides is 1. The molecule has 1 fully saturated rings. The Bertz CT molecular complexity index is 487. The van der Waals surface area contributed by atoms with E-state index < -0.39 is 0 Å². The number of rotatable bonds is 7. The van der Waals surface area contributed by atoms with E-state index in [9.17, 15) is 4.79 Å². The molecular formula is C19H33Cl2N3O. The number of piperidine rings is 1. The van der Waals surface area contributed by atoms with E-state index in [0.717, 1.165) is 25.1 Å². The van der Waals surface area contributed by atoms with E-state index in [4.69, 9.17) is 5.73 Å². The number of nitrogens with one attached hydrogen (secondary N) is 1. The van der Waals surface area contributed by atoms with Gasteiger partial charge < -0.3 is 16.0 Å². The summed E-state index contributed by atoms with van der Waals surface area (Å²) in [6.45, 7) is 7.21. The lowest BCUT2D eigenvalue weighted by atomic mass is 9.94. The molecule has 3 atom stereocenters. The summed E-state index contributed by atoms with van der Waals surface area (Å²) in [7, 11) is 0. The monoisotopic (exact) mass is 389 g/mol. The minimum absolute atomic E-state index is 0. The molecule has 0 aromatic heterocycles. The molecule has 0 bridgehead atoms. The van der Waals surface area contributed by atoms with Crippen LogP contribution in [0, 0.1) is 5.92 Å². The van der Waals surface area contributed by atoms with Crippen molar-refractivity contribution in [1.29, 1.82) is 0 Å². The maximum Gasteiger partial charge on any atom is 0.224 e. The zero-order chi connectivity index (χ0) is 16.7. The highest BCUT2D eigenvalue weighted by Crippen LogP contribution is 2.19. The summed E-state index contributed by atoms with van der Waals surface area (Å²) in [5.74, 6) is -0.167. The second kappa shape index (κ2) is 12.5. The molecule has 1 saturated heterocycles. The number of nitrogens with zero attached hydrogens (tertiary/aromatic N) is 1. The van der Waals surface area contributed by atoms with Gasteiger partial charge in [-0.05, 0) is 38.3 Å². The van der Waals surface area contributed by atoms with Crippen molar-refractivity contribution in [2.24, 2.45) is 11.7 Å². The maximum atomic E-state index is 12.3. The molecule has 0 spiro atoms. The Hall–Kier alpha value is -0.810. The van der Waals surface area contributed by atoms with Gasteiger partial charge in [-0.2, -0.15) is 0 Å². The zero-order valence-corrected chi connectivity index (χ0v) is 17.0. The molecule has 0 radical (unpaired) electrons. The molecule has 6 heteroatoms. The lowest BCUT2D eigenvalue weighted by Crippen LogP contribution is -2.40. The molecular weight excluding hydrogens is 357 g/mol. The Labute approximate surface area is 164 Å². The van der Waals surface area contributed by atoms with Crippen molar-refractivity contribution in [1.82, 2.24) is 10.2 Å². The van der Waals surface area contributed by atoms with Crippen LogP contribution in [0.3, 0.4) is 0 Å². The lowest BCUT2D eigenvalue weighted by Gasteiger charge is -2.33. The summed E-state index contributed by atoms with van der Waals surface area (Å²) in [4.78, 5) is 14.8. The van der Waals surface area contributed by atoms with E-state index in [1.54, 1.807) is 0 Å². The first-order chi connectivity index (χ1) is 11.1. The van der Waals surface area contributed by atoms with Crippen LogP contribution in [-0.2, 0) is 4.79 Å². The van der Waals surface area contributed by atoms with Crippen LogP contribution in [0.15, 0.2) is 30.3 Å². The normalized spacial score (nSPS) is 19.9. The van der Waals surface area contributed by atoms with Gasteiger partial charge in [0.05, 0.1) is 5.92 Å². The van der Waals surface area contributed by atoms with Crippen molar-refractivity contribution < 1.29 is 4.79 Å². The van der Waals surface area contributed by atoms with Crippen LogP contribution >= 0.6 is 24.8 Å². The van der Waals surface area contributed by atoms with Gasteiger partial charge in [0.15, 0.2) is 0 Å². The van der Waals surface area contributed by atoms with Gasteiger partial charge in [0.1, 0.15) is 0 Å². The van der Waals surface area contributed by atoms with E-state index in [2.05, 4.69) is 17.1 Å². The standard InChI is InChI=1S/C19H31N3O.2ClH/c1-15-9-6-7-13-22(15)14-8-12-21-19(23)16(2)18(20)17-10-4-3-5-11-17;;/h3-5,10-11,15-16,18H,6-9,12-14,20H2,1-2H3,(H,21,23);2*1H. The smallest absolute Gasteiger partial charge is 0.224 e. The summed E-state index contributed by atoms with van der Waals surface area (Å²) in [5, 5.41) is 3.04. The summed E-state index contributed by atoms with van der Waals surface area (Å²) < 4.78 is 0. The molecule has 1 aliphatic rings. The summed E-state index contributed by atoms with van der Waals surface area (Å²) in [5.41, 5.74) is 7.22. The predicted octanol–water partition coefficient (Wildman–Crippen LogP) is 3.55. The average Bonchev–Trinajstić information content (AvgIpc) is 2.59. The van der Waals surface area contributed by atoms with Gasteiger partial charge in [0, 0.05) is 25.2 Å². The first kappa shape index (κ1) is 24.2. The molecule has 25 heavy (non-hydrogen) atoms. The van der Waals surface area contributed by atoms with E-state index >= 15 is 0 Å². The Morgan fingerprint density at radius 2 is 1.96 bits per heavy atom. The van der Waals surface area contributed by atoms with Crippen LogP contribution < -0.4 is 11.1 Å². The molecule has 3 unspecified atom stereocenters. The van der Waals surface area contributed by atoms with Gasteiger partial charge in [-0.15, -0.1) is 24.8 Å². The minimum Gasteiger partial charge on any atom is -0.356 e. The topological polar surface area (TPSA) is 58.4 Å². The van der Waals surface area contributed by atoms with E-state index in [1.165, 1.54) is 25.8 Å². The van der Waals surface area contributed by atoms with Crippen LogP contribution in [0.5, 0.6) is 0 Å². The third-order valence-corrected chi connectivity index (χ3v) is 5.00. The van der Waals surface area contributed by atoms with Crippen molar-refractivity contribution in [3.8, 4) is 0 Å². The average molecular weight is 390 g/mol. The highest BCUT2D eigenvalue weighted by molar-refractivity contribution is 5.85. The van der Waals surface area contributed by atoms with Crippen LogP contribution in [0.1, 0.15) is 51.1 Å². The summed E-state index contributed by atoms with van der Waals surface area (Å²) in [6.07, 6.45) is 4.96. The SMILES string of the molecule is CC(C(=O)NCCCN1CCCCC1C)C(N)c1ccccc1.Cl.Cl. The second-order valence-corrected chi connectivity index (χ2v) is 6.75. The molecule has 0 aliphatic carbocycles. The fourth-order valence-electron chi connectivity index (χ4n) is 3.27. The quantitative estimate of drug-likeness (QED) is 0.700. The van der Waals surface area contributed by atoms with Gasteiger partial charge in [-0.25, -0.2) is 0 Å². The van der Waals surface area contributed by atoms with E-state index in [1.807, 2.05) is 37.3 Å². The van der Waals surface area contributed by atoms with Crippen molar-refractivity contribution >= 4 is 30.7 Å². The van der Waals surface area contributed by atoms with E-state index in [-0.39, 0.29) is 42.7 Å². The van der Waals surface area contributed by atoms with E-state index in [0.29, 0.717) is 6.04 Å². The fraction of sp³-hybridized carbons (Fsp3) is 0.632. The number of carbonyl (C=O) groups is 1. The third-order valence-electron chi connectivity index (χ3n) is 5.00. The van der Waals surface area contributed by atoms with Crippen LogP contribution in [0.25, 0.3) is 0 Å². The van der Waals surface area contributed by atoms with Gasteiger partial charge in [0.2, 0.25) is 5.91 Å². The van der Waals surface area contributed by atoms with Crippen molar-refractivity contribution in [3.05, 3.63) is 35.9 Å². The van der Waals surface area contributed by atoms with Gasteiger partial charge in [-0.1, -0.05) is 43.7 Å². The van der Waals surface area contributed by atoms with Crippen LogP contribution in [0.4, 0.5) is 0 Å². The number of hydrogen-bond acceptors (Lipinski definition) is 3. The molecule has 144 valence electrons. The lowest BCUT2D eigenvalue weighted by molar-refractivity contribution is -0.125. The van der Waals surface area contributed by atoms with Crippen LogP contribution in [0.2, 0.25) is 0 Å². The third kappa shape index (κ3) is 7.53. The van der Waals surface area contributed by atoms with Crippen molar-refractivity contribution in [2.75, 3.05) is 19.6 Å². The van der Waals surface area contributed by atoms with Gasteiger partial charge >= 0.3 is 0 Å². The predicted molar refractivity (Wildman–Crippen MR) is 110 cm³/mol. The Morgan fingerprint density at radius 3 is 2.60 bits per heavy atom. The van der Waals surface area contributed by atoms with Crippen molar-refractivity contribution in [3.63, 3.8) is 0 Å². The molecule has 1 amide bonds. The maximum absolute atomic E-state index is 12.3. The molecule has 1 aromatic carbocycles. The second-order valence-electron chi connectivity index (χ2n) is 6.75. The number of likely N-dealkylation sites (tertiary alicyclic amines) is 1. The number of benzene rings is 1. The molecule has 1 aliphatic heterocycles. The Balaban J connectivity index is 0.00000288. The highest BCUT2D eigenvalue weighted by Gasteiger charge is 2.22. The number of nitrogens with two attached hydrogens (primary N) is 1. The van der Waals surface area contributed by atoms with Crippen molar-refractivity contribution in [2.45, 2.75) is 51.6 Å². The number of carbonyl (C=O) groups excluding carboxylic acids is 1. The molecule has 0 saturated carbocycles. The number of hydrogen-bond donors (Lipinski definition) is 2. The highest BCUT2D eigenvalue weighted by atomic mass is 35.5. The molecule has 2 rings (SSSR count). The van der Waals surface area contributed by atoms with Gasteiger partial charge in [-0.3, -0.25) is 4.79 Å². The molecule has 4 nitrogen and oxygen atoms in total. The fourth-order valence-corrected chi connectivity index (χ4v) is 3.27. The zero-order valence-electron chi connectivity index (χ0n) is 15.3. The Morgan fingerprint density at radius 1 is 1.28 bits per heavy atom. The molecule has 1 aromatic rings. The molecule has 1 heterocycles. The first-order valence-corrected chi connectivity index (χ1v) is 8.92. The summed E-state index contributed by atoms with van der Waals surface area (Å²) >= 11 is 0. The Kier molecular flexibility index (Phi) is 12.1. The first-order valence-electron chi connectivity index (χ1n) is 8.92. The van der Waals surface area contributed by atoms with Crippen LogP contribution in [-0.4, -0.2) is 36.5 Å². The molecule has 3 N–H and O–H groups in total. The largest absolute Gasteiger partial charge is 0.356 e.